The van der Waals surface area contributed by atoms with Crippen molar-refractivity contribution in [3.63, 3.8) is 0 Å². The molecule has 1 amide bonds. The van der Waals surface area contributed by atoms with Gasteiger partial charge in [-0.1, -0.05) is 35.3 Å². The first kappa shape index (κ1) is 14.1. The Bertz CT molecular complexity index is 742. The Morgan fingerprint density at radius 2 is 1.71 bits per heavy atom. The van der Waals surface area contributed by atoms with Crippen LogP contribution in [0.1, 0.15) is 11.1 Å². The summed E-state index contributed by atoms with van der Waals surface area (Å²) in [5.74, 6) is -0.581. The highest BCUT2D eigenvalue weighted by Crippen LogP contribution is 2.27. The predicted molar refractivity (Wildman–Crippen MR) is 83.2 cm³/mol. The van der Waals surface area contributed by atoms with E-state index < -0.39 is 12.1 Å². The van der Waals surface area contributed by atoms with Crippen LogP contribution in [0.25, 0.3) is 0 Å². The van der Waals surface area contributed by atoms with Crippen LogP contribution in [0.3, 0.4) is 0 Å². The molecule has 1 aliphatic rings. The average Bonchev–Trinajstić information content (AvgIpc) is 2.58. The second kappa shape index (κ2) is 5.48. The zero-order valence-electron chi connectivity index (χ0n) is 10.7. The zero-order chi connectivity index (χ0) is 15.0. The number of fused-ring (bicyclic) bond motifs is 1. The number of carbonyl (C=O) groups excluding carboxylic acids is 1. The summed E-state index contributed by atoms with van der Waals surface area (Å²) in [5, 5.41) is 13.6. The van der Waals surface area contributed by atoms with E-state index in [4.69, 9.17) is 23.2 Å². The van der Waals surface area contributed by atoms with Crippen LogP contribution in [0.5, 0.6) is 0 Å². The summed E-state index contributed by atoms with van der Waals surface area (Å²) in [6.07, 6.45) is -1.47. The Morgan fingerprint density at radius 1 is 1.05 bits per heavy atom. The Kier molecular flexibility index (Phi) is 3.68. The molecule has 4 nitrogen and oxygen atoms in total. The van der Waals surface area contributed by atoms with Crippen LogP contribution < -0.4 is 5.32 Å². The highest BCUT2D eigenvalue weighted by atomic mass is 35.5. The van der Waals surface area contributed by atoms with Crippen molar-refractivity contribution in [2.75, 3.05) is 5.32 Å². The smallest absolute Gasteiger partial charge is 0.276 e. The van der Waals surface area contributed by atoms with Gasteiger partial charge in [-0.25, -0.2) is 4.99 Å². The van der Waals surface area contributed by atoms with Gasteiger partial charge < -0.3 is 10.4 Å². The van der Waals surface area contributed by atoms with Crippen molar-refractivity contribution in [3.8, 4) is 0 Å². The number of nitrogens with one attached hydrogen (secondary N) is 1. The zero-order valence-corrected chi connectivity index (χ0v) is 12.2. The second-order valence-corrected chi connectivity index (χ2v) is 5.41. The number of halogens is 2. The van der Waals surface area contributed by atoms with E-state index >= 15 is 0 Å². The van der Waals surface area contributed by atoms with Gasteiger partial charge in [-0.15, -0.1) is 0 Å². The SMILES string of the molecule is O=C1Nc2ccc(Cl)cc2C(c2ccc(Cl)cc2)=NC1O. The van der Waals surface area contributed by atoms with Gasteiger partial charge in [0.25, 0.3) is 5.91 Å². The summed E-state index contributed by atoms with van der Waals surface area (Å²) in [6.45, 7) is 0. The lowest BCUT2D eigenvalue weighted by molar-refractivity contribution is -0.123. The Balaban J connectivity index is 2.21. The van der Waals surface area contributed by atoms with Crippen molar-refractivity contribution in [1.82, 2.24) is 0 Å². The minimum absolute atomic E-state index is 0.481. The van der Waals surface area contributed by atoms with Gasteiger partial charge in [0.1, 0.15) is 0 Å². The molecule has 0 radical (unpaired) electrons. The largest absolute Gasteiger partial charge is 0.364 e. The normalized spacial score (nSPS) is 17.6. The standard InChI is InChI=1S/C15H10Cl2N2O2/c16-9-3-1-8(2-4-9)13-11-7-10(17)5-6-12(11)18-14(20)15(21)19-13/h1-7,15,21H,(H,18,20). The fourth-order valence-corrected chi connectivity index (χ4v) is 2.41. The summed E-state index contributed by atoms with van der Waals surface area (Å²) in [5.41, 5.74) is 2.41. The first-order chi connectivity index (χ1) is 10.0. The number of aliphatic imine (C=N–C) groups is 1. The molecule has 0 spiro atoms. The molecule has 1 heterocycles. The molecule has 0 fully saturated rings. The number of aliphatic hydroxyl groups excluding tert-OH is 1. The summed E-state index contributed by atoms with van der Waals surface area (Å²) in [4.78, 5) is 15.9. The molecule has 1 atom stereocenters. The highest BCUT2D eigenvalue weighted by molar-refractivity contribution is 6.32. The van der Waals surface area contributed by atoms with Crippen LogP contribution in [0.4, 0.5) is 5.69 Å². The lowest BCUT2D eigenvalue weighted by Gasteiger charge is -2.10. The number of hydrogen-bond donors (Lipinski definition) is 2. The molecule has 21 heavy (non-hydrogen) atoms. The van der Waals surface area contributed by atoms with Gasteiger partial charge in [0, 0.05) is 21.2 Å². The molecule has 0 aromatic heterocycles. The number of nitrogens with zero attached hydrogens (tertiary/aromatic N) is 1. The Morgan fingerprint density at radius 3 is 2.43 bits per heavy atom. The van der Waals surface area contributed by atoms with E-state index in [9.17, 15) is 9.90 Å². The molecule has 0 saturated heterocycles. The topological polar surface area (TPSA) is 61.7 Å². The van der Waals surface area contributed by atoms with Gasteiger partial charge in [0.2, 0.25) is 6.23 Å². The second-order valence-electron chi connectivity index (χ2n) is 4.54. The lowest BCUT2D eigenvalue weighted by atomic mass is 10.0. The number of benzene rings is 2. The van der Waals surface area contributed by atoms with E-state index in [1.165, 1.54) is 0 Å². The molecule has 3 rings (SSSR count). The fourth-order valence-electron chi connectivity index (χ4n) is 2.11. The first-order valence-corrected chi connectivity index (χ1v) is 6.93. The summed E-state index contributed by atoms with van der Waals surface area (Å²) >= 11 is 11.9. The fraction of sp³-hybridized carbons (Fsp3) is 0.0667. The summed E-state index contributed by atoms with van der Waals surface area (Å²) < 4.78 is 0. The van der Waals surface area contributed by atoms with Crippen LogP contribution in [0, 0.1) is 0 Å². The van der Waals surface area contributed by atoms with Crippen molar-refractivity contribution < 1.29 is 9.90 Å². The molecule has 0 bridgehead atoms. The predicted octanol–water partition coefficient (Wildman–Crippen LogP) is 3.10. The molecule has 0 aliphatic carbocycles. The Hall–Kier alpha value is -1.88. The summed E-state index contributed by atoms with van der Waals surface area (Å²) in [6, 6.07) is 12.0. The van der Waals surface area contributed by atoms with Crippen molar-refractivity contribution in [2.24, 2.45) is 4.99 Å². The third-order valence-corrected chi connectivity index (χ3v) is 3.59. The number of benzodiazepines with no additional fused rings is 1. The highest BCUT2D eigenvalue weighted by Gasteiger charge is 2.24. The Labute approximate surface area is 131 Å². The van der Waals surface area contributed by atoms with Crippen molar-refractivity contribution >= 4 is 40.5 Å². The first-order valence-electron chi connectivity index (χ1n) is 6.17. The summed E-state index contributed by atoms with van der Waals surface area (Å²) in [7, 11) is 0. The number of rotatable bonds is 1. The maximum Gasteiger partial charge on any atom is 0.276 e. The van der Waals surface area contributed by atoms with Gasteiger partial charge in [-0.3, -0.25) is 4.79 Å². The molecule has 2 aromatic rings. The van der Waals surface area contributed by atoms with E-state index in [-0.39, 0.29) is 0 Å². The van der Waals surface area contributed by atoms with Crippen LogP contribution in [0.2, 0.25) is 10.0 Å². The van der Waals surface area contributed by atoms with E-state index in [1.807, 2.05) is 0 Å². The number of aliphatic hydroxyl groups is 1. The van der Waals surface area contributed by atoms with E-state index in [0.29, 0.717) is 27.0 Å². The molecule has 1 aliphatic heterocycles. The van der Waals surface area contributed by atoms with Crippen LogP contribution in [-0.2, 0) is 4.79 Å². The van der Waals surface area contributed by atoms with Crippen LogP contribution in [0.15, 0.2) is 47.5 Å². The number of carbonyl (C=O) groups is 1. The van der Waals surface area contributed by atoms with Gasteiger partial charge in [-0.2, -0.15) is 0 Å². The van der Waals surface area contributed by atoms with E-state index in [0.717, 1.165) is 5.56 Å². The lowest BCUT2D eigenvalue weighted by Crippen LogP contribution is -2.24. The van der Waals surface area contributed by atoms with Crippen LogP contribution >= 0.6 is 23.2 Å². The third-order valence-electron chi connectivity index (χ3n) is 3.10. The molecule has 2 aromatic carbocycles. The number of hydrogen-bond acceptors (Lipinski definition) is 3. The van der Waals surface area contributed by atoms with Crippen molar-refractivity contribution in [2.45, 2.75) is 6.23 Å². The molecular formula is C15H10Cl2N2O2. The minimum atomic E-state index is -1.47. The quantitative estimate of drug-likeness (QED) is 0.848. The van der Waals surface area contributed by atoms with Gasteiger partial charge in [0.05, 0.1) is 11.4 Å². The molecular weight excluding hydrogens is 311 g/mol. The van der Waals surface area contributed by atoms with E-state index in [2.05, 4.69) is 10.3 Å². The van der Waals surface area contributed by atoms with E-state index in [1.54, 1.807) is 42.5 Å². The number of anilines is 1. The van der Waals surface area contributed by atoms with Gasteiger partial charge >= 0.3 is 0 Å². The maximum absolute atomic E-state index is 11.8. The molecule has 2 N–H and O–H groups in total. The minimum Gasteiger partial charge on any atom is -0.364 e. The van der Waals surface area contributed by atoms with Gasteiger partial charge in [-0.05, 0) is 30.3 Å². The average molecular weight is 321 g/mol. The molecule has 6 heteroatoms. The monoisotopic (exact) mass is 320 g/mol. The van der Waals surface area contributed by atoms with Crippen molar-refractivity contribution in [1.29, 1.82) is 0 Å². The molecule has 0 saturated carbocycles. The van der Waals surface area contributed by atoms with Gasteiger partial charge in [0.15, 0.2) is 0 Å². The number of amides is 1. The molecule has 106 valence electrons. The molecule has 1 unspecified atom stereocenters. The van der Waals surface area contributed by atoms with Crippen LogP contribution in [-0.4, -0.2) is 23.0 Å². The maximum atomic E-state index is 11.8. The third kappa shape index (κ3) is 2.78. The van der Waals surface area contributed by atoms with Crippen molar-refractivity contribution in [3.05, 3.63) is 63.6 Å².